The van der Waals surface area contributed by atoms with E-state index < -0.39 is 0 Å². The number of amides is 1. The van der Waals surface area contributed by atoms with Crippen LogP contribution in [0.1, 0.15) is 12.0 Å². The topological polar surface area (TPSA) is 75.2 Å². The van der Waals surface area contributed by atoms with Crippen molar-refractivity contribution in [2.24, 2.45) is 0 Å². The van der Waals surface area contributed by atoms with Gasteiger partial charge < -0.3 is 4.90 Å². The fourth-order valence-corrected chi connectivity index (χ4v) is 2.57. The lowest BCUT2D eigenvalue weighted by molar-refractivity contribution is -0.118. The summed E-state index contributed by atoms with van der Waals surface area (Å²) in [6.07, 6.45) is 1.03. The Hall–Kier alpha value is -2.63. The molecule has 0 unspecified atom stereocenters. The van der Waals surface area contributed by atoms with Gasteiger partial charge in [0.15, 0.2) is 0 Å². The maximum Gasteiger partial charge on any atom is 0.265 e. The number of aryl methyl sites for hydroxylation is 1. The molecule has 2 aromatic rings. The molecule has 0 saturated heterocycles. The van der Waals surface area contributed by atoms with E-state index >= 15 is 0 Å². The van der Waals surface area contributed by atoms with Crippen LogP contribution in [-0.4, -0.2) is 22.2 Å². The Balaban J connectivity index is 1.72. The highest BCUT2D eigenvalue weighted by molar-refractivity contribution is 5.95. The molecule has 1 N–H and O–H groups in total. The Kier molecular flexibility index (Phi) is 3.43. The van der Waals surface area contributed by atoms with Crippen molar-refractivity contribution in [3.8, 4) is 0 Å². The molecule has 0 aliphatic carbocycles. The van der Waals surface area contributed by atoms with Gasteiger partial charge in [-0.1, -0.05) is 18.2 Å². The zero-order valence-electron chi connectivity index (χ0n) is 11.4. The number of nitrogens with one attached hydrogen (secondary N) is 1. The van der Waals surface area contributed by atoms with Gasteiger partial charge in [0.25, 0.3) is 11.1 Å². The number of para-hydroxylation sites is 1. The summed E-state index contributed by atoms with van der Waals surface area (Å²) in [5.74, 6) is -0.0449. The van der Waals surface area contributed by atoms with Crippen molar-refractivity contribution in [1.82, 2.24) is 9.78 Å². The van der Waals surface area contributed by atoms with Gasteiger partial charge in [-0.25, -0.2) is 4.68 Å². The van der Waals surface area contributed by atoms with Gasteiger partial charge >= 0.3 is 0 Å². The minimum atomic E-state index is -0.353. The normalized spacial score (nSPS) is 13.2. The predicted molar refractivity (Wildman–Crippen MR) is 78.4 cm³/mol. The summed E-state index contributed by atoms with van der Waals surface area (Å²) in [5.41, 5.74) is 1.44. The number of hydrogen-bond donors (Lipinski definition) is 1. The molecule has 21 heavy (non-hydrogen) atoms. The van der Waals surface area contributed by atoms with Crippen molar-refractivity contribution in [2.75, 3.05) is 11.4 Å². The predicted octanol–water partition coefficient (Wildman–Crippen LogP) is 0.516. The molecule has 0 atom stereocenters. The number of fused-ring (bicyclic) bond motifs is 1. The lowest BCUT2D eigenvalue weighted by atomic mass is 10.2. The summed E-state index contributed by atoms with van der Waals surface area (Å²) in [7, 11) is 0. The molecule has 0 fully saturated rings. The number of nitrogens with zero attached hydrogens (tertiary/aromatic N) is 2. The van der Waals surface area contributed by atoms with Crippen molar-refractivity contribution in [3.05, 3.63) is 62.7 Å². The maximum atomic E-state index is 12.3. The van der Waals surface area contributed by atoms with E-state index in [1.807, 2.05) is 24.3 Å². The first-order chi connectivity index (χ1) is 10.1. The fourth-order valence-electron chi connectivity index (χ4n) is 2.57. The van der Waals surface area contributed by atoms with E-state index in [2.05, 4.69) is 5.10 Å². The number of hydrogen-bond acceptors (Lipinski definition) is 3. The van der Waals surface area contributed by atoms with Gasteiger partial charge in [0.05, 0.1) is 6.54 Å². The number of carbonyl (C=O) groups is 1. The zero-order chi connectivity index (χ0) is 14.8. The molecule has 3 rings (SSSR count). The Labute approximate surface area is 120 Å². The summed E-state index contributed by atoms with van der Waals surface area (Å²) in [4.78, 5) is 36.8. The van der Waals surface area contributed by atoms with Gasteiger partial charge in [-0.05, 0) is 18.1 Å². The molecule has 6 heteroatoms. The number of rotatable bonds is 3. The second-order valence-corrected chi connectivity index (χ2v) is 4.97. The molecule has 6 nitrogen and oxygen atoms in total. The first-order valence-corrected chi connectivity index (χ1v) is 6.83. The van der Waals surface area contributed by atoms with Gasteiger partial charge in [-0.3, -0.25) is 19.5 Å². The number of carbonyl (C=O) groups excluding carboxylic acids is 1. The van der Waals surface area contributed by atoms with Gasteiger partial charge in [0, 0.05) is 30.8 Å². The van der Waals surface area contributed by atoms with Crippen molar-refractivity contribution in [3.63, 3.8) is 0 Å². The molecule has 1 aromatic heterocycles. The fraction of sp³-hybridized carbons (Fsp3) is 0.267. The first kappa shape index (κ1) is 13.4. The molecular formula is C15H15N3O3. The van der Waals surface area contributed by atoms with Gasteiger partial charge in [0.1, 0.15) is 0 Å². The van der Waals surface area contributed by atoms with Gasteiger partial charge in [0.2, 0.25) is 5.91 Å². The zero-order valence-corrected chi connectivity index (χ0v) is 11.4. The summed E-state index contributed by atoms with van der Waals surface area (Å²) >= 11 is 0. The maximum absolute atomic E-state index is 12.3. The van der Waals surface area contributed by atoms with Crippen molar-refractivity contribution in [1.29, 1.82) is 0 Å². The van der Waals surface area contributed by atoms with Crippen LogP contribution in [0, 0.1) is 0 Å². The molecule has 0 bridgehead atoms. The van der Waals surface area contributed by atoms with E-state index in [1.165, 1.54) is 16.8 Å². The van der Waals surface area contributed by atoms with Crippen LogP contribution in [0.15, 0.2) is 46.0 Å². The SMILES string of the molecule is O=C(CCn1[nH]c(=O)ccc1=O)N1CCc2ccccc21. The van der Waals surface area contributed by atoms with Crippen LogP contribution >= 0.6 is 0 Å². The number of benzene rings is 1. The average Bonchev–Trinajstić information content (AvgIpc) is 2.92. The Bertz CT molecular complexity index is 791. The molecule has 1 aromatic carbocycles. The molecule has 1 aliphatic rings. The number of H-pyrrole nitrogens is 1. The number of anilines is 1. The monoisotopic (exact) mass is 285 g/mol. The van der Waals surface area contributed by atoms with Gasteiger partial charge in [-0.15, -0.1) is 0 Å². The van der Waals surface area contributed by atoms with E-state index in [9.17, 15) is 14.4 Å². The summed E-state index contributed by atoms with van der Waals surface area (Å²) in [5, 5.41) is 2.42. The third-order valence-corrected chi connectivity index (χ3v) is 3.63. The molecule has 108 valence electrons. The van der Waals surface area contributed by atoms with Crippen LogP contribution in [0.5, 0.6) is 0 Å². The van der Waals surface area contributed by atoms with Crippen LogP contribution in [0.4, 0.5) is 5.69 Å². The standard InChI is InChI=1S/C15H15N3O3/c19-13-5-6-15(21)18(16-13)10-8-14(20)17-9-7-11-3-1-2-4-12(11)17/h1-6H,7-10H2,(H,16,19). The molecule has 1 amide bonds. The van der Waals surface area contributed by atoms with Crippen molar-refractivity contribution < 1.29 is 4.79 Å². The molecular weight excluding hydrogens is 270 g/mol. The van der Waals surface area contributed by atoms with E-state index in [0.717, 1.165) is 17.7 Å². The summed E-state index contributed by atoms with van der Waals surface area (Å²) in [6.45, 7) is 0.838. The summed E-state index contributed by atoms with van der Waals surface area (Å²) < 4.78 is 1.17. The molecule has 1 aliphatic heterocycles. The van der Waals surface area contributed by atoms with Crippen molar-refractivity contribution >= 4 is 11.6 Å². The van der Waals surface area contributed by atoms with Crippen LogP contribution < -0.4 is 16.0 Å². The third-order valence-electron chi connectivity index (χ3n) is 3.63. The van der Waals surface area contributed by atoms with E-state index in [0.29, 0.717) is 6.54 Å². The lowest BCUT2D eigenvalue weighted by Crippen LogP contribution is -2.33. The van der Waals surface area contributed by atoms with Crippen LogP contribution in [0.25, 0.3) is 0 Å². The Morgan fingerprint density at radius 3 is 2.81 bits per heavy atom. The smallest absolute Gasteiger partial charge is 0.265 e. The third kappa shape index (κ3) is 2.65. The number of aromatic amines is 1. The second kappa shape index (κ2) is 5.40. The summed E-state index contributed by atoms with van der Waals surface area (Å²) in [6, 6.07) is 10.2. The molecule has 0 saturated carbocycles. The van der Waals surface area contributed by atoms with Crippen molar-refractivity contribution in [2.45, 2.75) is 19.4 Å². The Morgan fingerprint density at radius 2 is 1.95 bits per heavy atom. The van der Waals surface area contributed by atoms with E-state index in [1.54, 1.807) is 4.90 Å². The minimum absolute atomic E-state index is 0.0449. The first-order valence-electron chi connectivity index (χ1n) is 6.83. The van der Waals surface area contributed by atoms with Crippen LogP contribution in [0.2, 0.25) is 0 Å². The van der Waals surface area contributed by atoms with E-state index in [-0.39, 0.29) is 30.0 Å². The average molecular weight is 285 g/mol. The van der Waals surface area contributed by atoms with Crippen LogP contribution in [0.3, 0.4) is 0 Å². The second-order valence-electron chi connectivity index (χ2n) is 4.97. The lowest BCUT2D eigenvalue weighted by Gasteiger charge is -2.17. The minimum Gasteiger partial charge on any atom is -0.312 e. The quantitative estimate of drug-likeness (QED) is 0.893. The van der Waals surface area contributed by atoms with E-state index in [4.69, 9.17) is 0 Å². The largest absolute Gasteiger partial charge is 0.312 e. The highest BCUT2D eigenvalue weighted by atomic mass is 16.2. The highest BCUT2D eigenvalue weighted by Crippen LogP contribution is 2.27. The molecule has 0 radical (unpaired) electrons. The molecule has 2 heterocycles. The highest BCUT2D eigenvalue weighted by Gasteiger charge is 2.23. The van der Waals surface area contributed by atoms with Gasteiger partial charge in [-0.2, -0.15) is 0 Å². The molecule has 0 spiro atoms. The Morgan fingerprint density at radius 1 is 1.14 bits per heavy atom. The number of aromatic nitrogens is 2. The van der Waals surface area contributed by atoms with Crippen LogP contribution in [-0.2, 0) is 17.8 Å².